The number of carbonyl (C=O) groups excluding carboxylic acids is 3. The molecule has 0 aliphatic carbocycles. The average molecular weight is 384 g/mol. The first kappa shape index (κ1) is 20.0. The molecule has 28 heavy (non-hydrogen) atoms. The number of rotatable bonds is 7. The Morgan fingerprint density at radius 1 is 1.04 bits per heavy atom. The van der Waals surface area contributed by atoms with Crippen LogP contribution in [0.25, 0.3) is 0 Å². The summed E-state index contributed by atoms with van der Waals surface area (Å²) < 4.78 is 10.2. The second kappa shape index (κ2) is 7.72. The van der Waals surface area contributed by atoms with Crippen molar-refractivity contribution < 1.29 is 28.3 Å². The number of nitrogens with zero attached hydrogens (tertiary/aromatic N) is 1. The molecule has 6 nitrogen and oxygen atoms in total. The number of benzene rings is 1. The lowest BCUT2D eigenvalue weighted by molar-refractivity contribution is -0.839. The minimum atomic E-state index is -1.51. The van der Waals surface area contributed by atoms with E-state index in [1.807, 2.05) is 18.2 Å². The van der Waals surface area contributed by atoms with Crippen molar-refractivity contribution in [2.75, 3.05) is 27.3 Å². The molecule has 0 saturated carbocycles. The van der Waals surface area contributed by atoms with E-state index in [4.69, 9.17) is 9.47 Å². The van der Waals surface area contributed by atoms with Gasteiger partial charge in [0.25, 0.3) is 0 Å². The lowest BCUT2D eigenvalue weighted by Crippen LogP contribution is -2.49. The van der Waals surface area contributed by atoms with Gasteiger partial charge in [-0.3, -0.25) is 18.9 Å². The summed E-state index contributed by atoms with van der Waals surface area (Å²) in [5.74, 6) is -1.36. The van der Waals surface area contributed by atoms with Gasteiger partial charge in [0.2, 0.25) is 11.2 Å². The maximum atomic E-state index is 13.3. The SMILES string of the molecule is CCCC[N+]12CCC(C(=O)OC)(C(=O)OC)C1=CC=C2C(=O)c1ccccc1. The third kappa shape index (κ3) is 2.79. The predicted molar refractivity (Wildman–Crippen MR) is 103 cm³/mol. The molecule has 1 saturated heterocycles. The Bertz CT molecular complexity index is 839. The molecule has 1 unspecified atom stereocenters. The van der Waals surface area contributed by atoms with Gasteiger partial charge in [0.05, 0.1) is 27.3 Å². The van der Waals surface area contributed by atoms with Crippen LogP contribution in [0.2, 0.25) is 0 Å². The molecule has 1 fully saturated rings. The fourth-order valence-corrected chi connectivity index (χ4v) is 4.44. The molecule has 1 aromatic rings. The van der Waals surface area contributed by atoms with E-state index in [1.165, 1.54) is 14.2 Å². The Morgan fingerprint density at radius 2 is 1.68 bits per heavy atom. The van der Waals surface area contributed by atoms with Gasteiger partial charge < -0.3 is 9.47 Å². The Morgan fingerprint density at radius 3 is 2.25 bits per heavy atom. The molecule has 3 rings (SSSR count). The van der Waals surface area contributed by atoms with Crippen LogP contribution in [0.4, 0.5) is 0 Å². The number of hydrogen-bond acceptors (Lipinski definition) is 5. The largest absolute Gasteiger partial charge is 0.468 e. The van der Waals surface area contributed by atoms with Crippen molar-refractivity contribution in [3.05, 3.63) is 59.4 Å². The van der Waals surface area contributed by atoms with Crippen LogP contribution in [-0.4, -0.2) is 49.5 Å². The standard InChI is InChI=1S/C22H26NO5/c1-4-5-14-23-15-13-22(20(25)27-2,21(26)28-3)18(23)12-11-17(23)19(24)16-9-7-6-8-10-16/h6-12H,4-5,13-15H2,1-3H3/q+1. The molecule has 148 valence electrons. The quantitative estimate of drug-likeness (QED) is 0.313. The molecule has 0 N–H and O–H groups in total. The van der Waals surface area contributed by atoms with Crippen molar-refractivity contribution in [2.24, 2.45) is 5.41 Å². The van der Waals surface area contributed by atoms with E-state index in [2.05, 4.69) is 6.92 Å². The zero-order valence-corrected chi connectivity index (χ0v) is 16.6. The topological polar surface area (TPSA) is 69.7 Å². The summed E-state index contributed by atoms with van der Waals surface area (Å²) in [4.78, 5) is 38.8. The van der Waals surface area contributed by atoms with Crippen LogP contribution in [0.5, 0.6) is 0 Å². The summed E-state index contributed by atoms with van der Waals surface area (Å²) in [5, 5.41) is 0. The van der Waals surface area contributed by atoms with E-state index in [0.717, 1.165) is 12.8 Å². The molecular formula is C22H26NO5+. The number of unbranched alkanes of at least 4 members (excludes halogenated alkanes) is 1. The highest BCUT2D eigenvalue weighted by Crippen LogP contribution is 2.53. The van der Waals surface area contributed by atoms with E-state index < -0.39 is 17.4 Å². The lowest BCUT2D eigenvalue weighted by Gasteiger charge is -2.35. The fourth-order valence-electron chi connectivity index (χ4n) is 4.44. The van der Waals surface area contributed by atoms with Crippen LogP contribution in [0.1, 0.15) is 36.5 Å². The number of carbonyl (C=O) groups is 3. The third-order valence-corrected chi connectivity index (χ3v) is 5.86. The smallest absolute Gasteiger partial charge is 0.333 e. The molecule has 2 heterocycles. The first-order valence-electron chi connectivity index (χ1n) is 9.55. The number of ketones is 1. The number of fused-ring (bicyclic) bond motifs is 1. The molecule has 2 aliphatic heterocycles. The molecule has 6 heteroatoms. The number of allylic oxidation sites excluding steroid dienone is 3. The Hall–Kier alpha value is -2.73. The van der Waals surface area contributed by atoms with E-state index in [0.29, 0.717) is 30.0 Å². The maximum Gasteiger partial charge on any atom is 0.333 e. The van der Waals surface area contributed by atoms with Gasteiger partial charge in [0.15, 0.2) is 5.70 Å². The first-order chi connectivity index (χ1) is 13.5. The van der Waals surface area contributed by atoms with Crippen LogP contribution in [0.15, 0.2) is 53.9 Å². The van der Waals surface area contributed by atoms with Crippen LogP contribution < -0.4 is 0 Å². The van der Waals surface area contributed by atoms with E-state index in [9.17, 15) is 14.4 Å². The highest BCUT2D eigenvalue weighted by molar-refractivity contribution is 6.09. The highest BCUT2D eigenvalue weighted by atomic mass is 16.5. The molecule has 0 bridgehead atoms. The number of methoxy groups -OCH3 is 2. The molecule has 1 aromatic carbocycles. The number of quaternary nitrogens is 1. The van der Waals surface area contributed by atoms with E-state index in [1.54, 1.807) is 24.3 Å². The fraction of sp³-hybridized carbons (Fsp3) is 0.409. The Balaban J connectivity index is 2.09. The molecule has 1 atom stereocenters. The predicted octanol–water partition coefficient (Wildman–Crippen LogP) is 3.00. The van der Waals surface area contributed by atoms with E-state index in [-0.39, 0.29) is 16.7 Å². The van der Waals surface area contributed by atoms with Gasteiger partial charge in [0.1, 0.15) is 5.70 Å². The third-order valence-electron chi connectivity index (χ3n) is 5.86. The average Bonchev–Trinajstić information content (AvgIpc) is 3.27. The zero-order chi connectivity index (χ0) is 20.4. The van der Waals surface area contributed by atoms with Crippen LogP contribution in [-0.2, 0) is 19.1 Å². The first-order valence-corrected chi connectivity index (χ1v) is 9.55. The van der Waals surface area contributed by atoms with Crippen molar-refractivity contribution in [2.45, 2.75) is 26.2 Å². The molecule has 0 radical (unpaired) electrons. The highest BCUT2D eigenvalue weighted by Gasteiger charge is 2.68. The van der Waals surface area contributed by atoms with Gasteiger partial charge in [-0.2, -0.15) is 0 Å². The number of hydrogen-bond donors (Lipinski definition) is 0. The zero-order valence-electron chi connectivity index (χ0n) is 16.6. The second-order valence-corrected chi connectivity index (χ2v) is 7.21. The molecule has 0 amide bonds. The molecule has 0 spiro atoms. The van der Waals surface area contributed by atoms with Gasteiger partial charge in [-0.05, 0) is 6.42 Å². The Kier molecular flexibility index (Phi) is 5.52. The van der Waals surface area contributed by atoms with Gasteiger partial charge in [-0.25, -0.2) is 0 Å². The number of ether oxygens (including phenoxy) is 2. The minimum absolute atomic E-state index is 0.0894. The monoisotopic (exact) mass is 384 g/mol. The summed E-state index contributed by atoms with van der Waals surface area (Å²) in [6.07, 6.45) is 5.53. The Labute approximate surface area is 165 Å². The van der Waals surface area contributed by atoms with Crippen molar-refractivity contribution in [3.63, 3.8) is 0 Å². The summed E-state index contributed by atoms with van der Waals surface area (Å²) in [6, 6.07) is 9.07. The summed E-state index contributed by atoms with van der Waals surface area (Å²) in [7, 11) is 2.54. The number of Topliss-reactive ketones (excluding diaryl/α,β-unsaturated/α-hetero) is 1. The van der Waals surface area contributed by atoms with Crippen LogP contribution >= 0.6 is 0 Å². The summed E-state index contributed by atoms with van der Waals surface area (Å²) >= 11 is 0. The van der Waals surface area contributed by atoms with Crippen molar-refractivity contribution in [1.29, 1.82) is 0 Å². The number of esters is 2. The van der Waals surface area contributed by atoms with Gasteiger partial charge in [-0.15, -0.1) is 0 Å². The van der Waals surface area contributed by atoms with Gasteiger partial charge in [-0.1, -0.05) is 43.7 Å². The minimum Gasteiger partial charge on any atom is -0.468 e. The summed E-state index contributed by atoms with van der Waals surface area (Å²) in [6.45, 7) is 3.19. The van der Waals surface area contributed by atoms with Gasteiger partial charge in [0, 0.05) is 24.1 Å². The van der Waals surface area contributed by atoms with E-state index >= 15 is 0 Å². The van der Waals surface area contributed by atoms with Gasteiger partial charge >= 0.3 is 11.9 Å². The summed E-state index contributed by atoms with van der Waals surface area (Å²) in [5.41, 5.74) is 0.251. The van der Waals surface area contributed by atoms with Crippen LogP contribution in [0.3, 0.4) is 0 Å². The maximum absolute atomic E-state index is 13.3. The second-order valence-electron chi connectivity index (χ2n) is 7.21. The van der Waals surface area contributed by atoms with Crippen molar-refractivity contribution in [1.82, 2.24) is 0 Å². The van der Waals surface area contributed by atoms with Crippen LogP contribution in [0, 0.1) is 5.41 Å². The van der Waals surface area contributed by atoms with Crippen molar-refractivity contribution >= 4 is 17.7 Å². The molecule has 0 aromatic heterocycles. The molecule has 2 aliphatic rings. The van der Waals surface area contributed by atoms with Crippen molar-refractivity contribution in [3.8, 4) is 0 Å². The lowest BCUT2D eigenvalue weighted by atomic mass is 9.83. The normalized spacial score (nSPS) is 22.1. The molecular weight excluding hydrogens is 358 g/mol.